The molecule has 4 heterocycles. The van der Waals surface area contributed by atoms with E-state index in [1.165, 1.54) is 4.68 Å². The van der Waals surface area contributed by atoms with E-state index in [0.29, 0.717) is 42.5 Å². The number of pyridine rings is 1. The van der Waals surface area contributed by atoms with Gasteiger partial charge >= 0.3 is 0 Å². The van der Waals surface area contributed by atoms with Crippen LogP contribution in [-0.2, 0) is 18.0 Å². The predicted molar refractivity (Wildman–Crippen MR) is 106 cm³/mol. The van der Waals surface area contributed by atoms with Crippen LogP contribution >= 0.6 is 0 Å². The lowest BCUT2D eigenvalue weighted by Gasteiger charge is -2.17. The summed E-state index contributed by atoms with van der Waals surface area (Å²) in [6.45, 7) is 8.65. The van der Waals surface area contributed by atoms with Crippen LogP contribution in [0.5, 0.6) is 5.88 Å². The summed E-state index contributed by atoms with van der Waals surface area (Å²) in [7, 11) is -1.22. The number of nitrogens with zero attached hydrogens (tertiary/aromatic N) is 4. The number of fused-ring (bicyclic) bond motifs is 2. The molecule has 0 aliphatic carbocycles. The van der Waals surface area contributed by atoms with Crippen molar-refractivity contribution in [1.82, 2.24) is 19.3 Å². The van der Waals surface area contributed by atoms with E-state index in [1.54, 1.807) is 6.20 Å². The number of hydrogen-bond acceptors (Lipinski definition) is 4. The van der Waals surface area contributed by atoms with Gasteiger partial charge in [-0.3, -0.25) is 0 Å². The van der Waals surface area contributed by atoms with E-state index in [2.05, 4.69) is 29.7 Å². The molecule has 6 nitrogen and oxygen atoms in total. The van der Waals surface area contributed by atoms with Crippen molar-refractivity contribution in [2.75, 3.05) is 13.2 Å². The maximum Gasteiger partial charge on any atom is 0.282 e. The molecule has 4 rings (SSSR count). The second-order valence-corrected chi connectivity index (χ2v) is 13.8. The fourth-order valence-corrected chi connectivity index (χ4v) is 4.10. The van der Waals surface area contributed by atoms with E-state index in [4.69, 9.17) is 9.47 Å². The molecule has 0 unspecified atom stereocenters. The Labute approximate surface area is 163 Å². The van der Waals surface area contributed by atoms with E-state index < -0.39 is 14.5 Å². The zero-order valence-electron chi connectivity index (χ0n) is 16.3. The van der Waals surface area contributed by atoms with Crippen molar-refractivity contribution in [3.8, 4) is 17.1 Å². The molecule has 0 saturated carbocycles. The Hall–Kier alpha value is -2.26. The molecular formula is C19H24F2N4O2Si. The molecule has 0 amide bonds. The van der Waals surface area contributed by atoms with Crippen LogP contribution in [0.3, 0.4) is 0 Å². The van der Waals surface area contributed by atoms with Gasteiger partial charge < -0.3 is 14.0 Å². The summed E-state index contributed by atoms with van der Waals surface area (Å²) in [5.41, 5.74) is 1.36. The van der Waals surface area contributed by atoms with Crippen LogP contribution in [0.15, 0.2) is 24.4 Å². The Morgan fingerprint density at radius 2 is 2.14 bits per heavy atom. The van der Waals surface area contributed by atoms with Crippen molar-refractivity contribution in [3.63, 3.8) is 0 Å². The van der Waals surface area contributed by atoms with Crippen molar-refractivity contribution < 1.29 is 18.3 Å². The largest absolute Gasteiger partial charge is 0.475 e. The van der Waals surface area contributed by atoms with E-state index in [1.807, 2.05) is 22.8 Å². The van der Waals surface area contributed by atoms with Crippen LogP contribution in [0, 0.1) is 0 Å². The van der Waals surface area contributed by atoms with Crippen LogP contribution in [-0.4, -0.2) is 40.6 Å². The number of alkyl halides is 2. The summed E-state index contributed by atoms with van der Waals surface area (Å²) < 4.78 is 42.3. The summed E-state index contributed by atoms with van der Waals surface area (Å²) in [4.78, 5) is 4.44. The van der Waals surface area contributed by atoms with Gasteiger partial charge in [0.25, 0.3) is 6.43 Å². The molecular weight excluding hydrogens is 382 g/mol. The van der Waals surface area contributed by atoms with Crippen LogP contribution in [0.1, 0.15) is 12.1 Å². The lowest BCUT2D eigenvalue weighted by molar-refractivity contribution is 0.0907. The molecule has 0 N–H and O–H groups in total. The number of halogens is 2. The van der Waals surface area contributed by atoms with Crippen molar-refractivity contribution in [2.45, 2.75) is 45.4 Å². The van der Waals surface area contributed by atoms with Gasteiger partial charge in [0.1, 0.15) is 24.7 Å². The molecule has 150 valence electrons. The molecule has 3 aromatic rings. The molecule has 0 saturated heterocycles. The smallest absolute Gasteiger partial charge is 0.282 e. The Morgan fingerprint density at radius 3 is 2.89 bits per heavy atom. The monoisotopic (exact) mass is 406 g/mol. The van der Waals surface area contributed by atoms with Gasteiger partial charge in [-0.05, 0) is 24.2 Å². The highest BCUT2D eigenvalue weighted by molar-refractivity contribution is 6.76. The van der Waals surface area contributed by atoms with Crippen LogP contribution in [0.25, 0.3) is 22.3 Å². The molecule has 0 atom stereocenters. The average molecular weight is 407 g/mol. The molecule has 3 aromatic heterocycles. The highest BCUT2D eigenvalue weighted by atomic mass is 28.3. The van der Waals surface area contributed by atoms with Crippen molar-refractivity contribution in [3.05, 3.63) is 30.1 Å². The lowest BCUT2D eigenvalue weighted by Crippen LogP contribution is -2.22. The zero-order valence-corrected chi connectivity index (χ0v) is 17.3. The first-order chi connectivity index (χ1) is 13.3. The summed E-state index contributed by atoms with van der Waals surface area (Å²) in [6, 6.07) is 6.63. The molecule has 28 heavy (non-hydrogen) atoms. The van der Waals surface area contributed by atoms with Crippen molar-refractivity contribution >= 4 is 19.1 Å². The Balaban J connectivity index is 1.76. The van der Waals surface area contributed by atoms with Crippen LogP contribution < -0.4 is 4.74 Å². The highest BCUT2D eigenvalue weighted by Crippen LogP contribution is 2.41. The average Bonchev–Trinajstić information content (AvgIpc) is 3.30. The standard InChI is InChI=1S/C19H24F2N4O2Si/c1-28(2,3)10-9-26-12-24-14(11-13-5-4-6-22-18(13)24)15-16(17(20)21)23-25-7-8-27-19(15)25/h4-6,11,17H,7-10,12H2,1-3H3. The minimum atomic E-state index is -2.69. The first-order valence-electron chi connectivity index (χ1n) is 9.39. The van der Waals surface area contributed by atoms with Crippen molar-refractivity contribution in [1.29, 1.82) is 0 Å². The minimum absolute atomic E-state index is 0.244. The first kappa shape index (κ1) is 19.1. The molecule has 1 aliphatic heterocycles. The maximum absolute atomic E-state index is 13.7. The normalized spacial score (nSPS) is 14.1. The van der Waals surface area contributed by atoms with Gasteiger partial charge in [-0.15, -0.1) is 0 Å². The molecule has 0 spiro atoms. The second-order valence-electron chi connectivity index (χ2n) is 8.16. The van der Waals surface area contributed by atoms with E-state index in [9.17, 15) is 8.78 Å². The predicted octanol–water partition coefficient (Wildman–Crippen LogP) is 4.54. The van der Waals surface area contributed by atoms with Gasteiger partial charge in [-0.1, -0.05) is 19.6 Å². The third kappa shape index (κ3) is 3.56. The topological polar surface area (TPSA) is 54.1 Å². The van der Waals surface area contributed by atoms with Crippen LogP contribution in [0.4, 0.5) is 8.78 Å². The van der Waals surface area contributed by atoms with E-state index in [-0.39, 0.29) is 12.4 Å². The third-order valence-corrected chi connectivity index (χ3v) is 6.51. The van der Waals surface area contributed by atoms with Gasteiger partial charge in [-0.2, -0.15) is 5.10 Å². The first-order valence-corrected chi connectivity index (χ1v) is 13.1. The fraction of sp³-hybridized carbons (Fsp3) is 0.474. The Kier molecular flexibility index (Phi) is 4.96. The van der Waals surface area contributed by atoms with E-state index >= 15 is 0 Å². The number of hydrogen-bond donors (Lipinski definition) is 0. The van der Waals surface area contributed by atoms with Gasteiger partial charge in [-0.25, -0.2) is 18.4 Å². The van der Waals surface area contributed by atoms with Gasteiger partial charge in [0.2, 0.25) is 5.88 Å². The Morgan fingerprint density at radius 1 is 1.32 bits per heavy atom. The minimum Gasteiger partial charge on any atom is -0.475 e. The van der Waals surface area contributed by atoms with Gasteiger partial charge in [0, 0.05) is 26.3 Å². The maximum atomic E-state index is 13.7. The van der Waals surface area contributed by atoms with Crippen molar-refractivity contribution in [2.24, 2.45) is 0 Å². The SMILES string of the molecule is C[Si](C)(C)CCOCn1c(-c2c(C(F)F)nn3c2OCC3)cc2cccnc21. The zero-order chi connectivity index (χ0) is 19.9. The van der Waals surface area contributed by atoms with E-state index in [0.717, 1.165) is 11.4 Å². The van der Waals surface area contributed by atoms with Gasteiger partial charge in [0.15, 0.2) is 0 Å². The summed E-state index contributed by atoms with van der Waals surface area (Å²) >= 11 is 0. The molecule has 9 heteroatoms. The Bertz CT molecular complexity index is 994. The summed E-state index contributed by atoms with van der Waals surface area (Å²) in [5, 5.41) is 4.94. The molecule has 0 fully saturated rings. The molecule has 1 aliphatic rings. The number of aromatic nitrogens is 4. The molecule has 0 bridgehead atoms. The third-order valence-electron chi connectivity index (χ3n) is 4.81. The molecule has 0 radical (unpaired) electrons. The summed E-state index contributed by atoms with van der Waals surface area (Å²) in [6.07, 6.45) is -0.999. The van der Waals surface area contributed by atoms with Gasteiger partial charge in [0.05, 0.1) is 17.8 Å². The van der Waals surface area contributed by atoms with Crippen LogP contribution in [0.2, 0.25) is 25.7 Å². The highest BCUT2D eigenvalue weighted by Gasteiger charge is 2.31. The fourth-order valence-electron chi connectivity index (χ4n) is 3.34. The quantitative estimate of drug-likeness (QED) is 0.427. The molecule has 0 aromatic carbocycles. The lowest BCUT2D eigenvalue weighted by atomic mass is 10.1. The number of rotatable bonds is 7. The summed E-state index contributed by atoms with van der Waals surface area (Å²) in [5.74, 6) is 0.390. The number of ether oxygens (including phenoxy) is 2. The second kappa shape index (κ2) is 7.29.